The molecule has 0 aromatic carbocycles. The average molecular weight is 197 g/mol. The molecule has 0 saturated carbocycles. The summed E-state index contributed by atoms with van der Waals surface area (Å²) >= 11 is 0. The summed E-state index contributed by atoms with van der Waals surface area (Å²) in [6.07, 6.45) is 1.25. The van der Waals surface area contributed by atoms with E-state index in [9.17, 15) is 0 Å². The minimum Gasteiger partial charge on any atom is -0.380 e. The van der Waals surface area contributed by atoms with Gasteiger partial charge in [-0.05, 0) is 19.3 Å². The van der Waals surface area contributed by atoms with E-state index in [4.69, 9.17) is 4.74 Å². The van der Waals surface area contributed by atoms with Crippen molar-refractivity contribution in [3.8, 4) is 0 Å². The van der Waals surface area contributed by atoms with Gasteiger partial charge in [-0.25, -0.2) is 0 Å². The molecule has 2 fully saturated rings. The quantitative estimate of drug-likeness (QED) is 0.687. The minimum atomic E-state index is 0.404. The Morgan fingerprint density at radius 2 is 1.93 bits per heavy atom. The van der Waals surface area contributed by atoms with Crippen LogP contribution in [0.3, 0.4) is 0 Å². The zero-order valence-electron chi connectivity index (χ0n) is 9.97. The summed E-state index contributed by atoms with van der Waals surface area (Å²) in [6, 6.07) is 0. The molecule has 14 heavy (non-hydrogen) atoms. The Balaban J connectivity index is 1.95. The van der Waals surface area contributed by atoms with E-state index in [-0.39, 0.29) is 0 Å². The number of likely N-dealkylation sites (tertiary alicyclic amines) is 1. The molecule has 0 aromatic heterocycles. The lowest BCUT2D eigenvalue weighted by molar-refractivity contribution is -0.217. The van der Waals surface area contributed by atoms with E-state index in [0.29, 0.717) is 11.0 Å². The van der Waals surface area contributed by atoms with Crippen LogP contribution in [-0.2, 0) is 4.74 Å². The number of hydrogen-bond donors (Lipinski definition) is 0. The van der Waals surface area contributed by atoms with E-state index >= 15 is 0 Å². The van der Waals surface area contributed by atoms with E-state index in [2.05, 4.69) is 32.6 Å². The summed E-state index contributed by atoms with van der Waals surface area (Å²) in [6.45, 7) is 13.9. The molecule has 2 heteroatoms. The number of hydrogen-bond acceptors (Lipinski definition) is 2. The van der Waals surface area contributed by atoms with Crippen molar-refractivity contribution in [3.05, 3.63) is 0 Å². The normalized spacial score (nSPS) is 29.8. The van der Waals surface area contributed by atoms with Crippen molar-refractivity contribution < 1.29 is 4.74 Å². The van der Waals surface area contributed by atoms with E-state index in [1.54, 1.807) is 0 Å². The van der Waals surface area contributed by atoms with Gasteiger partial charge in [0.1, 0.15) is 0 Å². The van der Waals surface area contributed by atoms with Crippen LogP contribution in [0.15, 0.2) is 0 Å². The topological polar surface area (TPSA) is 12.5 Å². The van der Waals surface area contributed by atoms with Crippen molar-refractivity contribution in [2.75, 3.05) is 26.3 Å². The van der Waals surface area contributed by atoms with Gasteiger partial charge in [0.25, 0.3) is 0 Å². The summed E-state index contributed by atoms with van der Waals surface area (Å²) in [5, 5.41) is 0. The maximum Gasteiger partial charge on any atom is 0.0569 e. The molecule has 0 N–H and O–H groups in total. The highest BCUT2D eigenvalue weighted by Crippen LogP contribution is 2.44. The summed E-state index contributed by atoms with van der Waals surface area (Å²) in [4.78, 5) is 2.65. The standard InChI is InChI=1S/C12H23NO/c1-5-11(4,10(2)3)13-6-12(7-13)8-14-9-12/h10H,5-9H2,1-4H3. The van der Waals surface area contributed by atoms with Crippen molar-refractivity contribution in [1.82, 2.24) is 4.90 Å². The minimum absolute atomic E-state index is 0.404. The molecule has 0 amide bonds. The number of nitrogens with zero attached hydrogens (tertiary/aromatic N) is 1. The van der Waals surface area contributed by atoms with Gasteiger partial charge in [0.05, 0.1) is 13.2 Å². The fraction of sp³-hybridized carbons (Fsp3) is 1.00. The highest BCUT2D eigenvalue weighted by Gasteiger charge is 2.53. The molecule has 0 aliphatic carbocycles. The highest BCUT2D eigenvalue weighted by molar-refractivity contribution is 5.05. The van der Waals surface area contributed by atoms with Crippen LogP contribution in [0.5, 0.6) is 0 Å². The molecule has 0 radical (unpaired) electrons. The van der Waals surface area contributed by atoms with Gasteiger partial charge in [-0.1, -0.05) is 20.8 Å². The first-order valence-corrected chi connectivity index (χ1v) is 5.85. The second kappa shape index (κ2) is 3.21. The molecular weight excluding hydrogens is 174 g/mol. The summed E-state index contributed by atoms with van der Waals surface area (Å²) in [7, 11) is 0. The third kappa shape index (κ3) is 1.31. The van der Waals surface area contributed by atoms with Crippen LogP contribution in [-0.4, -0.2) is 36.7 Å². The maximum absolute atomic E-state index is 5.31. The fourth-order valence-corrected chi connectivity index (χ4v) is 2.69. The molecule has 2 rings (SSSR count). The van der Waals surface area contributed by atoms with E-state index in [1.165, 1.54) is 19.5 Å². The molecule has 2 saturated heterocycles. The Labute approximate surface area is 87.6 Å². The molecule has 2 aliphatic heterocycles. The van der Waals surface area contributed by atoms with Crippen LogP contribution in [0.1, 0.15) is 34.1 Å². The van der Waals surface area contributed by atoms with Gasteiger partial charge >= 0.3 is 0 Å². The van der Waals surface area contributed by atoms with Crippen LogP contribution in [0, 0.1) is 11.3 Å². The molecule has 0 bridgehead atoms. The Hall–Kier alpha value is -0.0800. The van der Waals surface area contributed by atoms with Crippen molar-refractivity contribution in [1.29, 1.82) is 0 Å². The van der Waals surface area contributed by atoms with Crippen LogP contribution in [0.2, 0.25) is 0 Å². The van der Waals surface area contributed by atoms with Gasteiger partial charge in [-0.3, -0.25) is 4.90 Å². The SMILES string of the molecule is CCC(C)(C(C)C)N1CC2(COC2)C1. The summed E-state index contributed by atoms with van der Waals surface area (Å²) in [5.74, 6) is 0.742. The molecule has 0 aromatic rings. The number of rotatable bonds is 3. The lowest BCUT2D eigenvalue weighted by Crippen LogP contribution is -2.71. The second-order valence-corrected chi connectivity index (χ2v) is 5.71. The Kier molecular flexibility index (Phi) is 2.39. The Morgan fingerprint density at radius 1 is 1.36 bits per heavy atom. The number of ether oxygens (including phenoxy) is 1. The van der Waals surface area contributed by atoms with Crippen LogP contribution in [0.4, 0.5) is 0 Å². The zero-order valence-corrected chi connectivity index (χ0v) is 9.97. The lowest BCUT2D eigenvalue weighted by Gasteiger charge is -2.61. The predicted octanol–water partition coefficient (Wildman–Crippen LogP) is 2.14. The fourth-order valence-electron chi connectivity index (χ4n) is 2.69. The second-order valence-electron chi connectivity index (χ2n) is 5.71. The van der Waals surface area contributed by atoms with Crippen LogP contribution < -0.4 is 0 Å². The molecule has 1 unspecified atom stereocenters. The van der Waals surface area contributed by atoms with E-state index in [1.807, 2.05) is 0 Å². The first-order chi connectivity index (χ1) is 6.52. The molecule has 82 valence electrons. The highest BCUT2D eigenvalue weighted by atomic mass is 16.5. The Morgan fingerprint density at radius 3 is 2.21 bits per heavy atom. The smallest absolute Gasteiger partial charge is 0.0569 e. The molecule has 2 heterocycles. The van der Waals surface area contributed by atoms with Gasteiger partial charge in [-0.2, -0.15) is 0 Å². The van der Waals surface area contributed by atoms with Gasteiger partial charge in [0.15, 0.2) is 0 Å². The first kappa shape index (κ1) is 10.4. The summed E-state index contributed by atoms with van der Waals surface area (Å²) in [5.41, 5.74) is 0.964. The van der Waals surface area contributed by atoms with Crippen molar-refractivity contribution in [2.24, 2.45) is 11.3 Å². The molecule has 1 atom stereocenters. The van der Waals surface area contributed by atoms with Crippen LogP contribution >= 0.6 is 0 Å². The van der Waals surface area contributed by atoms with Gasteiger partial charge in [-0.15, -0.1) is 0 Å². The summed E-state index contributed by atoms with van der Waals surface area (Å²) < 4.78 is 5.31. The third-order valence-electron chi connectivity index (χ3n) is 4.55. The zero-order chi connectivity index (χ0) is 10.4. The maximum atomic E-state index is 5.31. The molecule has 1 spiro atoms. The lowest BCUT2D eigenvalue weighted by atomic mass is 9.72. The van der Waals surface area contributed by atoms with Gasteiger partial charge in [0.2, 0.25) is 0 Å². The molecule has 2 aliphatic rings. The molecule has 2 nitrogen and oxygen atoms in total. The first-order valence-electron chi connectivity index (χ1n) is 5.85. The monoisotopic (exact) mass is 197 g/mol. The van der Waals surface area contributed by atoms with Gasteiger partial charge in [0, 0.05) is 24.0 Å². The van der Waals surface area contributed by atoms with E-state index in [0.717, 1.165) is 19.1 Å². The largest absolute Gasteiger partial charge is 0.380 e. The van der Waals surface area contributed by atoms with Crippen molar-refractivity contribution >= 4 is 0 Å². The van der Waals surface area contributed by atoms with Crippen molar-refractivity contribution in [2.45, 2.75) is 39.7 Å². The average Bonchev–Trinajstić information content (AvgIpc) is 1.98. The van der Waals surface area contributed by atoms with E-state index < -0.39 is 0 Å². The Bertz CT molecular complexity index is 214. The van der Waals surface area contributed by atoms with Gasteiger partial charge < -0.3 is 4.74 Å². The molecular formula is C12H23NO. The van der Waals surface area contributed by atoms with Crippen LogP contribution in [0.25, 0.3) is 0 Å². The predicted molar refractivity (Wildman–Crippen MR) is 58.4 cm³/mol. The third-order valence-corrected chi connectivity index (χ3v) is 4.55. The van der Waals surface area contributed by atoms with Crippen molar-refractivity contribution in [3.63, 3.8) is 0 Å².